The first-order valence-electron chi connectivity index (χ1n) is 10.0. The Bertz CT molecular complexity index is 978. The van der Waals surface area contributed by atoms with Gasteiger partial charge in [-0.15, -0.1) is 0 Å². The summed E-state index contributed by atoms with van der Waals surface area (Å²) in [5, 5.41) is 0. The van der Waals surface area contributed by atoms with Gasteiger partial charge in [-0.1, -0.05) is 12.1 Å². The smallest absolute Gasteiger partial charge is 0.231 e. The summed E-state index contributed by atoms with van der Waals surface area (Å²) in [6.45, 7) is 5.19. The molecule has 0 radical (unpaired) electrons. The maximum atomic E-state index is 5.65. The van der Waals surface area contributed by atoms with Gasteiger partial charge in [0.05, 0.1) is 13.7 Å². The highest BCUT2D eigenvalue weighted by atomic mass is 16.7. The topological polar surface area (TPSA) is 53.1 Å². The van der Waals surface area contributed by atoms with Crippen molar-refractivity contribution in [2.75, 3.05) is 20.5 Å². The molecule has 6 heteroatoms. The van der Waals surface area contributed by atoms with Gasteiger partial charge in [-0.3, -0.25) is 9.88 Å². The van der Waals surface area contributed by atoms with Gasteiger partial charge >= 0.3 is 0 Å². The minimum atomic E-state index is 0.283. The second kappa shape index (κ2) is 9.50. The number of benzene rings is 2. The Morgan fingerprint density at radius 3 is 2.30 bits per heavy atom. The van der Waals surface area contributed by atoms with Gasteiger partial charge in [0.25, 0.3) is 0 Å². The zero-order valence-electron chi connectivity index (χ0n) is 17.3. The quantitative estimate of drug-likeness (QED) is 0.524. The van der Waals surface area contributed by atoms with Crippen LogP contribution in [0.25, 0.3) is 0 Å². The van der Waals surface area contributed by atoms with E-state index in [1.807, 2.05) is 49.6 Å². The molecule has 2 heterocycles. The van der Waals surface area contributed by atoms with Gasteiger partial charge in [-0.25, -0.2) is 0 Å². The molecule has 0 amide bonds. The summed E-state index contributed by atoms with van der Waals surface area (Å²) in [7, 11) is 1.67. The number of nitrogens with zero attached hydrogens (tertiary/aromatic N) is 2. The Morgan fingerprint density at radius 2 is 1.53 bits per heavy atom. The zero-order valence-corrected chi connectivity index (χ0v) is 17.3. The Morgan fingerprint density at radius 1 is 0.833 bits per heavy atom. The molecule has 0 saturated heterocycles. The molecule has 0 N–H and O–H groups in total. The van der Waals surface area contributed by atoms with Gasteiger partial charge in [-0.2, -0.15) is 0 Å². The number of hydrogen-bond acceptors (Lipinski definition) is 6. The monoisotopic (exact) mass is 406 g/mol. The van der Waals surface area contributed by atoms with Crippen LogP contribution in [0.1, 0.15) is 23.6 Å². The van der Waals surface area contributed by atoms with Gasteiger partial charge < -0.3 is 18.9 Å². The molecule has 156 valence electrons. The van der Waals surface area contributed by atoms with Gasteiger partial charge in [0.15, 0.2) is 23.0 Å². The first kappa shape index (κ1) is 20.0. The van der Waals surface area contributed by atoms with Crippen LogP contribution < -0.4 is 18.9 Å². The average molecular weight is 406 g/mol. The lowest BCUT2D eigenvalue weighted by molar-refractivity contribution is 0.174. The number of ether oxygens (including phenoxy) is 4. The normalized spacial score (nSPS) is 12.2. The number of hydrogen-bond donors (Lipinski definition) is 0. The highest BCUT2D eigenvalue weighted by Gasteiger charge is 2.16. The van der Waals surface area contributed by atoms with E-state index >= 15 is 0 Å². The first-order chi connectivity index (χ1) is 14.7. The molecule has 6 nitrogen and oxygen atoms in total. The van der Waals surface area contributed by atoms with Gasteiger partial charge in [0.1, 0.15) is 0 Å². The van der Waals surface area contributed by atoms with Crippen molar-refractivity contribution in [3.63, 3.8) is 0 Å². The molecule has 0 fully saturated rings. The predicted octanol–water partition coefficient (Wildman–Crippen LogP) is 4.42. The third kappa shape index (κ3) is 4.83. The van der Waals surface area contributed by atoms with E-state index in [0.717, 1.165) is 48.2 Å². The van der Waals surface area contributed by atoms with Crippen LogP contribution in [-0.4, -0.2) is 30.4 Å². The van der Waals surface area contributed by atoms with E-state index in [9.17, 15) is 0 Å². The van der Waals surface area contributed by atoms with Crippen LogP contribution in [0.4, 0.5) is 0 Å². The van der Waals surface area contributed by atoms with Crippen LogP contribution in [-0.2, 0) is 19.6 Å². The number of methoxy groups -OCH3 is 1. The molecule has 3 aromatic rings. The molecule has 0 unspecified atom stereocenters. The van der Waals surface area contributed by atoms with Gasteiger partial charge in [0, 0.05) is 32.0 Å². The molecular formula is C24H26N2O4. The molecule has 1 aromatic heterocycles. The summed E-state index contributed by atoms with van der Waals surface area (Å²) in [6, 6.07) is 16.3. The van der Waals surface area contributed by atoms with Crippen molar-refractivity contribution < 1.29 is 18.9 Å². The molecule has 4 rings (SSSR count). The second-order valence-electron chi connectivity index (χ2n) is 7.11. The molecular weight excluding hydrogens is 380 g/mol. The minimum Gasteiger partial charge on any atom is -0.493 e. The molecule has 0 bridgehead atoms. The summed E-state index contributed by atoms with van der Waals surface area (Å²) in [4.78, 5) is 6.51. The van der Waals surface area contributed by atoms with Crippen molar-refractivity contribution in [1.82, 2.24) is 9.88 Å². The van der Waals surface area contributed by atoms with Crippen LogP contribution in [0.3, 0.4) is 0 Å². The van der Waals surface area contributed by atoms with Crippen molar-refractivity contribution in [3.05, 3.63) is 77.6 Å². The zero-order chi connectivity index (χ0) is 20.8. The van der Waals surface area contributed by atoms with E-state index in [0.29, 0.717) is 6.61 Å². The Hall–Kier alpha value is -3.25. The summed E-state index contributed by atoms with van der Waals surface area (Å²) in [5.74, 6) is 3.12. The van der Waals surface area contributed by atoms with Crippen molar-refractivity contribution >= 4 is 0 Å². The molecule has 1 aliphatic rings. The lowest BCUT2D eigenvalue weighted by atomic mass is 10.1. The van der Waals surface area contributed by atoms with Crippen molar-refractivity contribution in [1.29, 1.82) is 0 Å². The molecule has 0 spiro atoms. The summed E-state index contributed by atoms with van der Waals surface area (Å²) in [5.41, 5.74) is 3.54. The van der Waals surface area contributed by atoms with Crippen LogP contribution in [0.15, 0.2) is 60.9 Å². The van der Waals surface area contributed by atoms with Crippen LogP contribution in [0, 0.1) is 0 Å². The van der Waals surface area contributed by atoms with Crippen molar-refractivity contribution in [2.24, 2.45) is 0 Å². The van der Waals surface area contributed by atoms with Crippen LogP contribution in [0.2, 0.25) is 0 Å². The van der Waals surface area contributed by atoms with Gasteiger partial charge in [-0.05, 0) is 60.0 Å². The first-order valence-corrected chi connectivity index (χ1v) is 10.0. The fourth-order valence-electron chi connectivity index (χ4n) is 3.55. The number of rotatable bonds is 9. The molecule has 0 saturated carbocycles. The third-order valence-electron chi connectivity index (χ3n) is 4.93. The Balaban J connectivity index is 1.55. The van der Waals surface area contributed by atoms with E-state index < -0.39 is 0 Å². The standard InChI is InChI=1S/C24H26N2O4/c1-3-28-21-6-4-19(12-23(21)27-2)15-26(14-18-8-10-25-11-9-18)16-20-5-7-22-24(13-20)30-17-29-22/h4-13H,3,14-17H2,1-2H3. The second-order valence-corrected chi connectivity index (χ2v) is 7.11. The highest BCUT2D eigenvalue weighted by molar-refractivity contribution is 5.45. The van der Waals surface area contributed by atoms with E-state index in [1.54, 1.807) is 7.11 Å². The highest BCUT2D eigenvalue weighted by Crippen LogP contribution is 2.33. The van der Waals surface area contributed by atoms with Crippen LogP contribution in [0.5, 0.6) is 23.0 Å². The molecule has 30 heavy (non-hydrogen) atoms. The Labute approximate surface area is 177 Å². The fraction of sp³-hybridized carbons (Fsp3) is 0.292. The fourth-order valence-corrected chi connectivity index (χ4v) is 3.55. The number of fused-ring (bicyclic) bond motifs is 1. The molecule has 0 aliphatic carbocycles. The van der Waals surface area contributed by atoms with Crippen molar-refractivity contribution in [2.45, 2.75) is 26.6 Å². The van der Waals surface area contributed by atoms with E-state index in [-0.39, 0.29) is 6.79 Å². The predicted molar refractivity (Wildman–Crippen MR) is 114 cm³/mol. The van der Waals surface area contributed by atoms with E-state index in [4.69, 9.17) is 18.9 Å². The van der Waals surface area contributed by atoms with E-state index in [1.165, 1.54) is 11.1 Å². The molecule has 0 atom stereocenters. The maximum absolute atomic E-state index is 5.65. The molecule has 2 aromatic carbocycles. The molecule has 1 aliphatic heterocycles. The number of aromatic nitrogens is 1. The summed E-state index contributed by atoms with van der Waals surface area (Å²) in [6.07, 6.45) is 3.65. The number of pyridine rings is 1. The minimum absolute atomic E-state index is 0.283. The lowest BCUT2D eigenvalue weighted by Gasteiger charge is -2.23. The van der Waals surface area contributed by atoms with Crippen molar-refractivity contribution in [3.8, 4) is 23.0 Å². The summed E-state index contributed by atoms with van der Waals surface area (Å²) >= 11 is 0. The average Bonchev–Trinajstić information content (AvgIpc) is 3.23. The third-order valence-corrected chi connectivity index (χ3v) is 4.93. The maximum Gasteiger partial charge on any atom is 0.231 e. The van der Waals surface area contributed by atoms with Gasteiger partial charge in [0.2, 0.25) is 6.79 Å². The lowest BCUT2D eigenvalue weighted by Crippen LogP contribution is -2.22. The Kier molecular flexibility index (Phi) is 6.35. The summed E-state index contributed by atoms with van der Waals surface area (Å²) < 4.78 is 22.2. The SMILES string of the molecule is CCOc1ccc(CN(Cc2ccncc2)Cc2ccc3c(c2)OCO3)cc1OC. The van der Waals surface area contributed by atoms with E-state index in [2.05, 4.69) is 28.1 Å². The van der Waals surface area contributed by atoms with Crippen LogP contribution >= 0.6 is 0 Å². The largest absolute Gasteiger partial charge is 0.493 e.